The number of esters is 4. The van der Waals surface area contributed by atoms with Crippen molar-refractivity contribution >= 4 is 200 Å². The van der Waals surface area contributed by atoms with Gasteiger partial charge in [0.1, 0.15) is 46.2 Å². The summed E-state index contributed by atoms with van der Waals surface area (Å²) in [5, 5.41) is 30.4. The lowest BCUT2D eigenvalue weighted by atomic mass is 10.2. The summed E-state index contributed by atoms with van der Waals surface area (Å²) < 4.78 is 34.0. The summed E-state index contributed by atoms with van der Waals surface area (Å²) in [5.41, 5.74) is 33.0. The van der Waals surface area contributed by atoms with Crippen LogP contribution in [0.15, 0.2) is 61.7 Å². The molecule has 1 unspecified atom stereocenters. The van der Waals surface area contributed by atoms with Crippen LogP contribution in [0.4, 0.5) is 0 Å². The van der Waals surface area contributed by atoms with E-state index in [0.717, 1.165) is 108 Å². The number of thiazole rings is 7. The number of nitrogens with one attached hydrogen (secondary N) is 4. The molecule has 0 aliphatic heterocycles. The third-order valence-corrected chi connectivity index (χ3v) is 22.3. The molecule has 15 heterocycles. The van der Waals surface area contributed by atoms with E-state index >= 15 is 0 Å². The maximum Gasteiger partial charge on any atom is 0.355 e. The zero-order valence-corrected chi connectivity index (χ0v) is 74.3. The average molecular weight is 1880 g/mol. The van der Waals surface area contributed by atoms with E-state index in [1.54, 1.807) is 122 Å². The molecule has 692 valence electrons. The monoisotopic (exact) mass is 1880 g/mol. The van der Waals surface area contributed by atoms with Crippen LogP contribution in [0.1, 0.15) is 196 Å². The van der Waals surface area contributed by atoms with Crippen molar-refractivity contribution in [3.05, 3.63) is 151 Å². The van der Waals surface area contributed by atoms with Gasteiger partial charge in [-0.2, -0.15) is 15.3 Å². The number of rotatable bonds is 16. The Bertz CT molecular complexity index is 6150. The Morgan fingerprint density at radius 3 is 1.36 bits per heavy atom. The third-order valence-electron chi connectivity index (χ3n) is 15.7. The minimum Gasteiger partial charge on any atom is -0.466 e. The molecule has 0 aliphatic rings. The number of fused-ring (bicyclic) bond motifs is 11. The molecule has 0 spiro atoms. The number of ether oxygens (including phenoxy) is 4. The van der Waals surface area contributed by atoms with Gasteiger partial charge < -0.3 is 47.7 Å². The highest BCUT2D eigenvalue weighted by atomic mass is 32.1. The smallest absolute Gasteiger partial charge is 0.355 e. The Kier molecular flexibility index (Phi) is 53.2. The van der Waals surface area contributed by atoms with E-state index < -0.39 is 23.9 Å². The number of azide groups is 2. The second kappa shape index (κ2) is 56.7. The number of aldehydes is 2. The molecule has 0 radical (unpaired) electrons. The summed E-state index contributed by atoms with van der Waals surface area (Å²) in [6.07, 6.45) is 11.6. The molecule has 0 aliphatic carbocycles. The molecule has 0 amide bonds. The zero-order chi connectivity index (χ0) is 87.4. The summed E-state index contributed by atoms with van der Waals surface area (Å²) in [4.78, 5) is 141. The number of hydrogen-bond acceptors (Lipinski definition) is 34. The molecule has 0 aromatic carbocycles. The molecule has 15 aromatic rings. The van der Waals surface area contributed by atoms with Crippen LogP contribution in [0.5, 0.6) is 0 Å². The SMILES string of the molecule is C.C.C.C.C.C.C.CCC.CCOC(=O)C(Cc1cnc(C)s1)N=[N+]=[N-].CCOC(=O)CN=[N+]=[N-].CCOC(=O)c1c(C=O)c2sc(C)nc2n1C.CCOC(=O)c1cc2sc(C)nc2[nH]1.CCn1ncc2c3sc(C)nc3n(C)c2c1=O.CCn1ncc2c3sc(C)nc3n(C)c2c1=O.Cc1nc2c(s1)c1cn[nH]c(=O)c1n2C.Cc1ncc(C=O)s1.N=N.O.[HH]. The van der Waals surface area contributed by atoms with Crippen molar-refractivity contribution in [3.63, 3.8) is 0 Å². The Balaban J connectivity index is -0.000000675. The summed E-state index contributed by atoms with van der Waals surface area (Å²) in [6, 6.07) is 0.975. The Morgan fingerprint density at radius 1 is 0.532 bits per heavy atom. The lowest BCUT2D eigenvalue weighted by Crippen LogP contribution is -2.23. The quantitative estimate of drug-likeness (QED) is 0.0174. The number of hydrogen-bond donors (Lipinski definition) is 4. The highest BCUT2D eigenvalue weighted by Crippen LogP contribution is 2.34. The molecular weight excluding hydrogens is 1760 g/mol. The number of aromatic amines is 2. The van der Waals surface area contributed by atoms with Crippen molar-refractivity contribution in [2.24, 2.45) is 38.4 Å². The van der Waals surface area contributed by atoms with Gasteiger partial charge in [0.05, 0.1) is 114 Å². The number of nitrogens with zero attached hydrogens (tertiary/aromatic N) is 22. The highest BCUT2D eigenvalue weighted by Gasteiger charge is 2.26. The van der Waals surface area contributed by atoms with Crippen LogP contribution in [0.25, 0.3) is 105 Å². The molecule has 126 heavy (non-hydrogen) atoms. The molecule has 40 nitrogen and oxygen atoms in total. The second-order valence-corrected chi connectivity index (χ2v) is 32.7. The molecule has 15 rings (SSSR count). The molecule has 1 atom stereocenters. The first-order chi connectivity index (χ1) is 56.5. The van der Waals surface area contributed by atoms with Gasteiger partial charge in [-0.15, -0.1) is 79.4 Å². The standard InChI is InChI=1S/2C11H12N4OS.C11H12N2O3S.C9H12N4O2S.C9H8N4OS.C9H10N2O2S.C5H5NOS.C4H7N3O2.C3H8.7CH4.H2N2.H2O.H2/c2*1-4-15-11(16)8-7(5-12-15)9-10(14(8)3)13-6(2)17-9;1-4-16-11(15)8-7(5-14)9-10(13(8)3)12-6(2)17-9;1-3-15-9(14)8(12-13-10)4-7-5-11-6(2)16-7;1-4-11-8-7(15-4)5-3-10-12-9(14)6(5)13(8)2;1-3-13-9(12)6-4-7-8(11-6)10-5(2)14-7;1-4-6-2-5(3-7)8-4;1-2-9-4(8)3-6-7-5;1-3-2;;;;;;;;1-2;;/h3*5H,4H2,1-3H3;5,8H,3-4H2,1-2H3;3H,1-2H3,(H,12,14);4,11H,3H2,1-2H3;2-3H,1H3;2-3H2,1H3;3H2,1-2H3;7*1H4;1-2H;1H2;1H. The van der Waals surface area contributed by atoms with Gasteiger partial charge >= 0.3 is 23.9 Å². The Hall–Kier alpha value is -12.1. The fourth-order valence-corrected chi connectivity index (χ4v) is 17.1. The van der Waals surface area contributed by atoms with Crippen LogP contribution in [-0.2, 0) is 76.2 Å². The first-order valence-corrected chi connectivity index (χ1v) is 41.7. The van der Waals surface area contributed by atoms with Gasteiger partial charge in [-0.05, 0) is 107 Å². The lowest BCUT2D eigenvalue weighted by molar-refractivity contribution is -0.144. The first kappa shape index (κ1) is 118. The lowest BCUT2D eigenvalue weighted by Gasteiger charge is -2.07. The molecule has 6 N–H and O–H groups in total. The van der Waals surface area contributed by atoms with Crippen molar-refractivity contribution in [2.45, 2.75) is 188 Å². The first-order valence-electron chi connectivity index (χ1n) is 36.0. The van der Waals surface area contributed by atoms with E-state index in [9.17, 15) is 43.2 Å². The zero-order valence-electron chi connectivity index (χ0n) is 68.6. The minimum absolute atomic E-state index is 0. The molecule has 0 fully saturated rings. The van der Waals surface area contributed by atoms with E-state index in [-0.39, 0.29) is 107 Å². The van der Waals surface area contributed by atoms with Crippen LogP contribution in [0.3, 0.4) is 0 Å². The van der Waals surface area contributed by atoms with Crippen LogP contribution >= 0.6 is 79.4 Å². The molecular formula is C79H120N26O14S7. The Morgan fingerprint density at radius 2 is 0.960 bits per heavy atom. The predicted octanol–water partition coefficient (Wildman–Crippen LogP) is 18.8. The summed E-state index contributed by atoms with van der Waals surface area (Å²) in [6.45, 7) is 30.6. The van der Waals surface area contributed by atoms with Gasteiger partial charge in [0.2, 0.25) is 0 Å². The van der Waals surface area contributed by atoms with Crippen molar-refractivity contribution in [2.75, 3.05) is 33.0 Å². The van der Waals surface area contributed by atoms with Crippen molar-refractivity contribution < 1.29 is 54.6 Å². The number of aryl methyl sites for hydroxylation is 13. The fourth-order valence-electron chi connectivity index (χ4n) is 11.0. The van der Waals surface area contributed by atoms with Crippen LogP contribution < -0.4 is 16.7 Å². The maximum atomic E-state index is 12.2. The van der Waals surface area contributed by atoms with Crippen LogP contribution in [0.2, 0.25) is 0 Å². The number of H-pyrrole nitrogens is 2. The summed E-state index contributed by atoms with van der Waals surface area (Å²) in [5.74, 6) is -1.79. The molecule has 15 aromatic heterocycles. The molecule has 0 bridgehead atoms. The summed E-state index contributed by atoms with van der Waals surface area (Å²) in [7, 11) is 7.32. The fraction of sp³-hybridized carbons (Fsp3) is 0.456. The van der Waals surface area contributed by atoms with Crippen molar-refractivity contribution in [3.8, 4) is 0 Å². The maximum absolute atomic E-state index is 12.2. The predicted molar refractivity (Wildman–Crippen MR) is 513 cm³/mol. The molecule has 0 saturated heterocycles. The van der Waals surface area contributed by atoms with E-state index in [4.69, 9.17) is 36.3 Å². The Labute approximate surface area is 758 Å². The van der Waals surface area contributed by atoms with Crippen molar-refractivity contribution in [1.82, 2.24) is 87.9 Å². The highest BCUT2D eigenvalue weighted by molar-refractivity contribution is 7.20. The van der Waals surface area contributed by atoms with Gasteiger partial charge in [0.15, 0.2) is 35.2 Å². The van der Waals surface area contributed by atoms with E-state index in [0.29, 0.717) is 77.3 Å². The van der Waals surface area contributed by atoms with Crippen molar-refractivity contribution in [1.29, 1.82) is 11.1 Å². The molecule has 0 saturated carbocycles. The second-order valence-electron chi connectivity index (χ2n) is 24.1. The van der Waals surface area contributed by atoms with E-state index in [1.807, 2.05) is 97.2 Å². The largest absolute Gasteiger partial charge is 0.466 e. The topological polar surface area (TPSA) is 557 Å². The normalized spacial score (nSPS) is 9.96. The van der Waals surface area contributed by atoms with Crippen LogP contribution in [-0.4, -0.2) is 169 Å². The van der Waals surface area contributed by atoms with E-state index in [1.165, 1.54) is 49.8 Å². The average Bonchev–Trinajstić information content (AvgIpc) is 1.62. The number of carbonyl (C=O) groups is 6. The van der Waals surface area contributed by atoms with Gasteiger partial charge in [0.25, 0.3) is 16.7 Å². The number of carbonyl (C=O) groups excluding carboxylic acids is 6. The minimum atomic E-state index is -0.801. The van der Waals surface area contributed by atoms with Crippen LogP contribution in [0, 0.1) is 59.5 Å². The van der Waals surface area contributed by atoms with Gasteiger partial charge in [0, 0.05) is 92.4 Å². The third kappa shape index (κ3) is 29.3. The summed E-state index contributed by atoms with van der Waals surface area (Å²) >= 11 is 10.6. The van der Waals surface area contributed by atoms with Gasteiger partial charge in [-0.3, -0.25) is 33.6 Å². The van der Waals surface area contributed by atoms with Gasteiger partial charge in [-0.25, -0.2) is 70.0 Å². The molecule has 47 heteroatoms. The van der Waals surface area contributed by atoms with Gasteiger partial charge in [-0.1, -0.05) is 82.5 Å². The number of aromatic nitrogens is 18. The van der Waals surface area contributed by atoms with E-state index in [2.05, 4.69) is 98.9 Å².